The number of imidazole rings is 1. The summed E-state index contributed by atoms with van der Waals surface area (Å²) in [6, 6.07) is -0.285. The van der Waals surface area contributed by atoms with Crippen LogP contribution in [0.2, 0.25) is 0 Å². The number of hydrogen-bond donors (Lipinski definition) is 0. The summed E-state index contributed by atoms with van der Waals surface area (Å²) in [6.07, 6.45) is 7.13. The average molecular weight is 393 g/mol. The van der Waals surface area contributed by atoms with E-state index in [2.05, 4.69) is 15.2 Å². The lowest BCUT2D eigenvalue weighted by atomic mass is 10.0. The highest BCUT2D eigenvalue weighted by Gasteiger charge is 2.36. The van der Waals surface area contributed by atoms with Crippen molar-refractivity contribution in [2.24, 2.45) is 7.05 Å². The Labute approximate surface area is 157 Å². The minimum absolute atomic E-state index is 0.145. The van der Waals surface area contributed by atoms with Gasteiger partial charge in [-0.2, -0.15) is 4.31 Å². The number of fused-ring (bicyclic) bond motifs is 1. The van der Waals surface area contributed by atoms with E-state index < -0.39 is 10.0 Å². The smallest absolute Gasteiger partial charge is 0.290 e. The van der Waals surface area contributed by atoms with E-state index in [-0.39, 0.29) is 11.9 Å². The van der Waals surface area contributed by atoms with Crippen molar-refractivity contribution >= 4 is 15.9 Å². The highest BCUT2D eigenvalue weighted by molar-refractivity contribution is 7.88. The van der Waals surface area contributed by atoms with Crippen molar-refractivity contribution in [1.29, 1.82) is 0 Å². The summed E-state index contributed by atoms with van der Waals surface area (Å²) in [7, 11) is -1.52. The quantitative estimate of drug-likeness (QED) is 0.735. The molecule has 2 aliphatic heterocycles. The van der Waals surface area contributed by atoms with Crippen LogP contribution in [0.5, 0.6) is 0 Å². The molecule has 10 nitrogen and oxygen atoms in total. The van der Waals surface area contributed by atoms with Gasteiger partial charge in [-0.3, -0.25) is 4.79 Å². The van der Waals surface area contributed by atoms with Gasteiger partial charge in [0, 0.05) is 39.1 Å². The molecule has 0 N–H and O–H groups in total. The molecule has 1 atom stereocenters. The third kappa shape index (κ3) is 3.25. The van der Waals surface area contributed by atoms with Crippen LogP contribution in [-0.4, -0.2) is 67.2 Å². The van der Waals surface area contributed by atoms with Gasteiger partial charge in [-0.05, 0) is 12.8 Å². The van der Waals surface area contributed by atoms with Crippen LogP contribution in [0.3, 0.4) is 0 Å². The second-order valence-corrected chi connectivity index (χ2v) is 9.03. The maximum Gasteiger partial charge on any atom is 0.290 e. The van der Waals surface area contributed by atoms with Gasteiger partial charge in [0.15, 0.2) is 17.5 Å². The second-order valence-electron chi connectivity index (χ2n) is 7.10. The number of sulfonamides is 1. The Morgan fingerprint density at radius 3 is 2.70 bits per heavy atom. The third-order valence-corrected chi connectivity index (χ3v) is 6.55. The van der Waals surface area contributed by atoms with E-state index in [1.54, 1.807) is 28.9 Å². The molecule has 0 radical (unpaired) electrons. The molecule has 4 rings (SSSR count). The standard InChI is InChI=1S/C16H23N7O3S/c1-20-8-6-17-15(20)16(24)21-9-10-22-13(11-21)18-19-14(22)12-5-3-4-7-23(12)27(2,25)26/h6,8,12H,3-5,7,9-11H2,1-2H3. The number of aromatic nitrogens is 5. The molecule has 27 heavy (non-hydrogen) atoms. The molecular weight excluding hydrogens is 370 g/mol. The summed E-state index contributed by atoms with van der Waals surface area (Å²) in [5.74, 6) is 1.60. The SMILES string of the molecule is Cn1ccnc1C(=O)N1CCn2c(nnc2C2CCCCN2S(C)(=O)=O)C1. The maximum absolute atomic E-state index is 12.7. The van der Waals surface area contributed by atoms with Gasteiger partial charge in [0.1, 0.15) is 0 Å². The van der Waals surface area contributed by atoms with Crippen molar-refractivity contribution in [2.75, 3.05) is 19.3 Å². The first kappa shape index (κ1) is 18.1. The lowest BCUT2D eigenvalue weighted by molar-refractivity contribution is 0.0688. The molecule has 4 heterocycles. The summed E-state index contributed by atoms with van der Waals surface area (Å²) in [6.45, 7) is 1.90. The zero-order valence-corrected chi connectivity index (χ0v) is 16.3. The summed E-state index contributed by atoms with van der Waals surface area (Å²) in [5, 5.41) is 8.56. The van der Waals surface area contributed by atoms with Gasteiger partial charge in [0.25, 0.3) is 5.91 Å². The van der Waals surface area contributed by atoms with Crippen molar-refractivity contribution in [3.8, 4) is 0 Å². The molecule has 0 bridgehead atoms. The highest BCUT2D eigenvalue weighted by atomic mass is 32.2. The predicted molar refractivity (Wildman–Crippen MR) is 96.1 cm³/mol. The lowest BCUT2D eigenvalue weighted by Crippen LogP contribution is -2.42. The Kier molecular flexibility index (Phi) is 4.50. The van der Waals surface area contributed by atoms with Crippen molar-refractivity contribution in [1.82, 2.24) is 33.5 Å². The Morgan fingerprint density at radius 2 is 2.00 bits per heavy atom. The van der Waals surface area contributed by atoms with E-state index in [0.29, 0.717) is 43.7 Å². The molecule has 1 amide bonds. The van der Waals surface area contributed by atoms with Gasteiger partial charge >= 0.3 is 0 Å². The molecular formula is C16H23N7O3S. The Bertz CT molecular complexity index is 965. The first-order valence-electron chi connectivity index (χ1n) is 9.01. The van der Waals surface area contributed by atoms with E-state index >= 15 is 0 Å². The number of piperidine rings is 1. The van der Waals surface area contributed by atoms with E-state index in [1.165, 1.54) is 10.6 Å². The highest BCUT2D eigenvalue weighted by Crippen LogP contribution is 2.32. The second kappa shape index (κ2) is 6.71. The van der Waals surface area contributed by atoms with E-state index in [0.717, 1.165) is 19.3 Å². The number of carbonyl (C=O) groups excluding carboxylic acids is 1. The number of hydrogen-bond acceptors (Lipinski definition) is 6. The van der Waals surface area contributed by atoms with Gasteiger partial charge < -0.3 is 14.0 Å². The predicted octanol–water partition coefficient (Wildman–Crippen LogP) is 0.154. The topological polar surface area (TPSA) is 106 Å². The Balaban J connectivity index is 1.58. The number of carbonyl (C=O) groups is 1. The van der Waals surface area contributed by atoms with Crippen molar-refractivity contribution in [2.45, 2.75) is 38.4 Å². The molecule has 146 valence electrons. The summed E-state index contributed by atoms with van der Waals surface area (Å²) >= 11 is 0. The fourth-order valence-corrected chi connectivity index (χ4v) is 5.00. The first-order chi connectivity index (χ1) is 12.9. The maximum atomic E-state index is 12.7. The summed E-state index contributed by atoms with van der Waals surface area (Å²) in [4.78, 5) is 18.5. The molecule has 1 fully saturated rings. The van der Waals surface area contributed by atoms with Gasteiger partial charge in [-0.1, -0.05) is 6.42 Å². The van der Waals surface area contributed by atoms with Crippen molar-refractivity contribution in [3.05, 3.63) is 29.9 Å². The fourth-order valence-electron chi connectivity index (χ4n) is 3.87. The Morgan fingerprint density at radius 1 is 1.19 bits per heavy atom. The summed E-state index contributed by atoms with van der Waals surface area (Å²) in [5.41, 5.74) is 0. The molecule has 2 aromatic rings. The molecule has 0 aromatic carbocycles. The van der Waals surface area contributed by atoms with Gasteiger partial charge in [0.2, 0.25) is 10.0 Å². The van der Waals surface area contributed by atoms with Crippen LogP contribution >= 0.6 is 0 Å². The number of amides is 1. The van der Waals surface area contributed by atoms with Crippen LogP contribution in [0.4, 0.5) is 0 Å². The molecule has 1 saturated heterocycles. The molecule has 2 aliphatic rings. The summed E-state index contributed by atoms with van der Waals surface area (Å²) < 4.78 is 29.5. The van der Waals surface area contributed by atoms with Crippen molar-refractivity contribution < 1.29 is 13.2 Å². The van der Waals surface area contributed by atoms with E-state index in [4.69, 9.17) is 0 Å². The van der Waals surface area contributed by atoms with E-state index in [9.17, 15) is 13.2 Å². The lowest BCUT2D eigenvalue weighted by Gasteiger charge is -2.34. The Hall–Kier alpha value is -2.27. The van der Waals surface area contributed by atoms with Gasteiger partial charge in [-0.25, -0.2) is 13.4 Å². The molecule has 11 heteroatoms. The zero-order valence-electron chi connectivity index (χ0n) is 15.4. The van der Waals surface area contributed by atoms with Gasteiger partial charge in [0.05, 0.1) is 18.8 Å². The zero-order chi connectivity index (χ0) is 19.2. The van der Waals surface area contributed by atoms with Crippen LogP contribution in [0, 0.1) is 0 Å². The average Bonchev–Trinajstić information content (AvgIpc) is 3.26. The van der Waals surface area contributed by atoms with Crippen LogP contribution in [0.15, 0.2) is 12.4 Å². The van der Waals surface area contributed by atoms with E-state index in [1.807, 2.05) is 4.57 Å². The monoisotopic (exact) mass is 393 g/mol. The van der Waals surface area contributed by atoms with Crippen molar-refractivity contribution in [3.63, 3.8) is 0 Å². The van der Waals surface area contributed by atoms with Crippen LogP contribution in [0.1, 0.15) is 47.6 Å². The number of aryl methyl sites for hydroxylation is 1. The minimum Gasteiger partial charge on any atom is -0.330 e. The molecule has 0 spiro atoms. The largest absolute Gasteiger partial charge is 0.330 e. The normalized spacial score (nSPS) is 21.3. The minimum atomic E-state index is -3.31. The fraction of sp³-hybridized carbons (Fsp3) is 0.625. The van der Waals surface area contributed by atoms with Crippen LogP contribution in [-0.2, 0) is 30.2 Å². The van der Waals surface area contributed by atoms with Gasteiger partial charge in [-0.15, -0.1) is 10.2 Å². The van der Waals surface area contributed by atoms with Crippen LogP contribution < -0.4 is 0 Å². The van der Waals surface area contributed by atoms with Crippen LogP contribution in [0.25, 0.3) is 0 Å². The number of rotatable bonds is 3. The first-order valence-corrected chi connectivity index (χ1v) is 10.9. The molecule has 2 aromatic heterocycles. The molecule has 0 aliphatic carbocycles. The third-order valence-electron chi connectivity index (χ3n) is 5.26. The number of nitrogens with zero attached hydrogens (tertiary/aromatic N) is 7. The molecule has 1 unspecified atom stereocenters. The molecule has 0 saturated carbocycles.